The number of hydrogen-bond acceptors (Lipinski definition) is 3. The normalized spacial score (nSPS) is 10.5. The second kappa shape index (κ2) is 3.68. The molecule has 0 amide bonds. The summed E-state index contributed by atoms with van der Waals surface area (Å²) in [5.74, 6) is 0.152. The second-order valence-corrected chi connectivity index (χ2v) is 3.37. The van der Waals surface area contributed by atoms with Gasteiger partial charge in [0.1, 0.15) is 5.82 Å². The van der Waals surface area contributed by atoms with E-state index in [1.165, 1.54) is 23.1 Å². The Labute approximate surface area is 86.5 Å². The van der Waals surface area contributed by atoms with Crippen molar-refractivity contribution in [2.24, 2.45) is 0 Å². The molecule has 2 aromatic rings. The molecule has 0 fully saturated rings. The molecule has 0 spiro atoms. The highest BCUT2D eigenvalue weighted by molar-refractivity contribution is 5.27. The Hall–Kier alpha value is -1.91. The number of nitrogens with two attached hydrogens (primary N) is 1. The first-order valence-corrected chi connectivity index (χ1v) is 4.56. The van der Waals surface area contributed by atoms with E-state index in [1.807, 2.05) is 6.92 Å². The smallest absolute Gasteiger partial charge is 0.165 e. The zero-order chi connectivity index (χ0) is 10.8. The number of nitrogen functional groups attached to an aromatic ring is 1. The Morgan fingerprint density at radius 1 is 1.47 bits per heavy atom. The lowest BCUT2D eigenvalue weighted by Gasteiger charge is -2.04. The first-order valence-electron chi connectivity index (χ1n) is 4.56. The minimum absolute atomic E-state index is 0.232. The molecule has 4 nitrogen and oxygen atoms in total. The summed E-state index contributed by atoms with van der Waals surface area (Å²) >= 11 is 0. The Bertz CT molecular complexity index is 478. The first kappa shape index (κ1) is 9.64. The van der Waals surface area contributed by atoms with Crippen LogP contribution < -0.4 is 5.73 Å². The van der Waals surface area contributed by atoms with E-state index in [-0.39, 0.29) is 5.82 Å². The molecule has 5 heteroatoms. The summed E-state index contributed by atoms with van der Waals surface area (Å²) in [7, 11) is 0. The van der Waals surface area contributed by atoms with Crippen molar-refractivity contribution < 1.29 is 4.39 Å². The van der Waals surface area contributed by atoms with Crippen LogP contribution in [0.3, 0.4) is 0 Å². The highest BCUT2D eigenvalue weighted by Gasteiger charge is 2.02. The summed E-state index contributed by atoms with van der Waals surface area (Å²) in [4.78, 5) is 1.48. The summed E-state index contributed by atoms with van der Waals surface area (Å²) in [5, 5.41) is 7.92. The van der Waals surface area contributed by atoms with Gasteiger partial charge in [0.15, 0.2) is 5.82 Å². The molecule has 78 valence electrons. The van der Waals surface area contributed by atoms with Gasteiger partial charge in [0.25, 0.3) is 0 Å². The van der Waals surface area contributed by atoms with Crippen molar-refractivity contribution in [2.75, 3.05) is 5.73 Å². The SMILES string of the molecule is Cc1cc(F)ccc1Cn1ncc(N)n1. The fourth-order valence-electron chi connectivity index (χ4n) is 1.38. The van der Waals surface area contributed by atoms with Crippen LogP contribution in [0.2, 0.25) is 0 Å². The highest BCUT2D eigenvalue weighted by Crippen LogP contribution is 2.11. The molecule has 0 saturated heterocycles. The van der Waals surface area contributed by atoms with Gasteiger partial charge in [-0.25, -0.2) is 4.39 Å². The van der Waals surface area contributed by atoms with Crippen LogP contribution in [0.4, 0.5) is 10.2 Å². The Morgan fingerprint density at radius 3 is 2.87 bits per heavy atom. The molecule has 1 heterocycles. The van der Waals surface area contributed by atoms with Crippen molar-refractivity contribution in [1.82, 2.24) is 15.0 Å². The summed E-state index contributed by atoms with van der Waals surface area (Å²) < 4.78 is 12.8. The molecule has 2 rings (SSSR count). The molecular weight excluding hydrogens is 195 g/mol. The number of aromatic nitrogens is 3. The van der Waals surface area contributed by atoms with Gasteiger partial charge in [0, 0.05) is 0 Å². The molecule has 0 aliphatic rings. The Morgan fingerprint density at radius 2 is 2.27 bits per heavy atom. The lowest BCUT2D eigenvalue weighted by Crippen LogP contribution is -2.05. The molecule has 0 unspecified atom stereocenters. The zero-order valence-electron chi connectivity index (χ0n) is 8.31. The second-order valence-electron chi connectivity index (χ2n) is 3.37. The van der Waals surface area contributed by atoms with Crippen LogP contribution in [0.15, 0.2) is 24.4 Å². The van der Waals surface area contributed by atoms with E-state index in [0.717, 1.165) is 11.1 Å². The molecule has 1 aromatic carbocycles. The summed E-state index contributed by atoms with van der Waals surface area (Å²) in [5.41, 5.74) is 7.30. The Balaban J connectivity index is 2.24. The van der Waals surface area contributed by atoms with Crippen molar-refractivity contribution in [3.05, 3.63) is 41.3 Å². The molecule has 0 aliphatic heterocycles. The van der Waals surface area contributed by atoms with Gasteiger partial charge in [-0.1, -0.05) is 6.07 Å². The van der Waals surface area contributed by atoms with E-state index < -0.39 is 0 Å². The van der Waals surface area contributed by atoms with Crippen LogP contribution in [-0.4, -0.2) is 15.0 Å². The first-order chi connectivity index (χ1) is 7.15. The van der Waals surface area contributed by atoms with Gasteiger partial charge >= 0.3 is 0 Å². The van der Waals surface area contributed by atoms with Gasteiger partial charge in [0.05, 0.1) is 12.7 Å². The number of hydrogen-bond donors (Lipinski definition) is 1. The monoisotopic (exact) mass is 206 g/mol. The minimum atomic E-state index is -0.232. The average Bonchev–Trinajstić information content (AvgIpc) is 2.56. The third kappa shape index (κ3) is 2.12. The molecule has 1 aromatic heterocycles. The van der Waals surface area contributed by atoms with E-state index in [1.54, 1.807) is 6.07 Å². The van der Waals surface area contributed by atoms with E-state index >= 15 is 0 Å². The van der Waals surface area contributed by atoms with Crippen LogP contribution in [0.5, 0.6) is 0 Å². The van der Waals surface area contributed by atoms with Crippen LogP contribution in [0.1, 0.15) is 11.1 Å². The van der Waals surface area contributed by atoms with E-state index in [9.17, 15) is 4.39 Å². The van der Waals surface area contributed by atoms with Crippen LogP contribution in [0, 0.1) is 12.7 Å². The van der Waals surface area contributed by atoms with Crippen molar-refractivity contribution in [1.29, 1.82) is 0 Å². The standard InChI is InChI=1S/C10H11FN4/c1-7-4-9(11)3-2-8(7)6-15-13-5-10(12)14-15/h2-5H,6H2,1H3,(H2,12,14). The van der Waals surface area contributed by atoms with Crippen molar-refractivity contribution in [3.8, 4) is 0 Å². The van der Waals surface area contributed by atoms with Gasteiger partial charge in [-0.2, -0.15) is 9.90 Å². The average molecular weight is 206 g/mol. The summed E-state index contributed by atoms with van der Waals surface area (Å²) in [6, 6.07) is 4.64. The fraction of sp³-hybridized carbons (Fsp3) is 0.200. The third-order valence-corrected chi connectivity index (χ3v) is 2.17. The van der Waals surface area contributed by atoms with Gasteiger partial charge in [-0.15, -0.1) is 5.10 Å². The van der Waals surface area contributed by atoms with E-state index in [2.05, 4.69) is 10.2 Å². The maximum atomic E-state index is 12.8. The van der Waals surface area contributed by atoms with Crippen molar-refractivity contribution in [3.63, 3.8) is 0 Å². The predicted molar refractivity (Wildman–Crippen MR) is 54.7 cm³/mol. The Kier molecular flexibility index (Phi) is 2.37. The zero-order valence-corrected chi connectivity index (χ0v) is 8.31. The highest BCUT2D eigenvalue weighted by atomic mass is 19.1. The number of halogens is 1. The van der Waals surface area contributed by atoms with E-state index in [4.69, 9.17) is 5.73 Å². The molecule has 0 bridgehead atoms. The molecular formula is C10H11FN4. The molecule has 0 atom stereocenters. The summed E-state index contributed by atoms with van der Waals surface area (Å²) in [6.07, 6.45) is 1.48. The molecule has 2 N–H and O–H groups in total. The fourth-order valence-corrected chi connectivity index (χ4v) is 1.38. The van der Waals surface area contributed by atoms with Crippen molar-refractivity contribution in [2.45, 2.75) is 13.5 Å². The van der Waals surface area contributed by atoms with Gasteiger partial charge in [-0.05, 0) is 30.2 Å². The quantitative estimate of drug-likeness (QED) is 0.807. The summed E-state index contributed by atoms with van der Waals surface area (Å²) in [6.45, 7) is 2.36. The van der Waals surface area contributed by atoms with Crippen LogP contribution in [0.25, 0.3) is 0 Å². The number of anilines is 1. The van der Waals surface area contributed by atoms with Crippen LogP contribution >= 0.6 is 0 Å². The largest absolute Gasteiger partial charge is 0.381 e. The maximum absolute atomic E-state index is 12.8. The van der Waals surface area contributed by atoms with E-state index in [0.29, 0.717) is 12.4 Å². The number of aryl methyl sites for hydroxylation is 1. The van der Waals surface area contributed by atoms with Gasteiger partial charge < -0.3 is 5.73 Å². The van der Waals surface area contributed by atoms with Gasteiger partial charge in [-0.3, -0.25) is 0 Å². The van der Waals surface area contributed by atoms with Gasteiger partial charge in [0.2, 0.25) is 0 Å². The lowest BCUT2D eigenvalue weighted by molar-refractivity contribution is 0.586. The predicted octanol–water partition coefficient (Wildman–Crippen LogP) is 1.36. The molecule has 0 saturated carbocycles. The molecule has 0 radical (unpaired) electrons. The topological polar surface area (TPSA) is 56.7 Å². The maximum Gasteiger partial charge on any atom is 0.165 e. The minimum Gasteiger partial charge on any atom is -0.381 e. The number of rotatable bonds is 2. The van der Waals surface area contributed by atoms with Crippen LogP contribution in [-0.2, 0) is 6.54 Å². The third-order valence-electron chi connectivity index (χ3n) is 2.17. The molecule has 15 heavy (non-hydrogen) atoms. The van der Waals surface area contributed by atoms with Crippen molar-refractivity contribution >= 4 is 5.82 Å². The number of benzene rings is 1. The number of nitrogens with zero attached hydrogens (tertiary/aromatic N) is 3. The lowest BCUT2D eigenvalue weighted by atomic mass is 10.1. The molecule has 0 aliphatic carbocycles.